The molecule has 0 spiro atoms. The fourth-order valence-electron chi connectivity index (χ4n) is 4.40. The number of aromatic hydroxyl groups is 2. The van der Waals surface area contributed by atoms with E-state index >= 15 is 0 Å². The summed E-state index contributed by atoms with van der Waals surface area (Å²) < 4.78 is 5.66. The molecule has 5 rings (SSSR count). The Balaban J connectivity index is 1.77. The lowest BCUT2D eigenvalue weighted by molar-refractivity contribution is 0.0889. The van der Waals surface area contributed by atoms with Crippen LogP contribution in [0.3, 0.4) is 0 Å². The van der Waals surface area contributed by atoms with Crippen molar-refractivity contribution in [3.63, 3.8) is 0 Å². The average Bonchev–Trinajstić information content (AvgIpc) is 3.36. The molecule has 132 valence electrons. The third-order valence-corrected chi connectivity index (χ3v) is 5.93. The quantitative estimate of drug-likeness (QED) is 0.452. The predicted molar refractivity (Wildman–Crippen MR) is 89.8 cm³/mol. The number of epoxide rings is 1. The minimum Gasteiger partial charge on any atom is -0.507 e. The van der Waals surface area contributed by atoms with Gasteiger partial charge < -0.3 is 20.1 Å². The molecule has 2 aliphatic carbocycles. The molecule has 0 amide bonds. The summed E-state index contributed by atoms with van der Waals surface area (Å²) in [5.74, 6) is -1.53. The Morgan fingerprint density at radius 2 is 1.58 bits per heavy atom. The maximum atomic E-state index is 12.9. The molecule has 1 fully saturated rings. The molecule has 0 radical (unpaired) electrons. The summed E-state index contributed by atoms with van der Waals surface area (Å²) >= 11 is 0. The number of carbonyl (C=O) groups is 2. The molecule has 6 heteroatoms. The highest BCUT2D eigenvalue weighted by Crippen LogP contribution is 2.54. The lowest BCUT2D eigenvalue weighted by atomic mass is 9.75. The molecule has 26 heavy (non-hydrogen) atoms. The summed E-state index contributed by atoms with van der Waals surface area (Å²) in [5, 5.41) is 31.6. The molecule has 0 unspecified atom stereocenters. The number of hydrogen-bond acceptors (Lipinski definition) is 6. The topological polar surface area (TPSA) is 107 Å². The van der Waals surface area contributed by atoms with Crippen molar-refractivity contribution in [3.05, 3.63) is 57.6 Å². The minimum atomic E-state index is -0.801. The van der Waals surface area contributed by atoms with Gasteiger partial charge in [0.05, 0.1) is 23.3 Å². The van der Waals surface area contributed by atoms with Gasteiger partial charge in [0, 0.05) is 35.1 Å². The predicted octanol–water partition coefficient (Wildman–Crippen LogP) is 1.49. The van der Waals surface area contributed by atoms with Gasteiger partial charge in [-0.2, -0.15) is 0 Å². The maximum Gasteiger partial charge on any atom is 0.198 e. The van der Waals surface area contributed by atoms with Crippen LogP contribution in [0.5, 0.6) is 11.5 Å². The molecule has 0 aromatic heterocycles. The zero-order chi connectivity index (χ0) is 18.4. The van der Waals surface area contributed by atoms with E-state index in [9.17, 15) is 24.9 Å². The van der Waals surface area contributed by atoms with Crippen molar-refractivity contribution in [1.29, 1.82) is 0 Å². The van der Waals surface area contributed by atoms with Gasteiger partial charge in [-0.3, -0.25) is 9.59 Å². The zero-order valence-electron chi connectivity index (χ0n) is 13.9. The van der Waals surface area contributed by atoms with E-state index in [1.54, 1.807) is 19.1 Å². The number of aliphatic hydroxyl groups is 1. The van der Waals surface area contributed by atoms with Gasteiger partial charge in [-0.15, -0.1) is 0 Å². The van der Waals surface area contributed by atoms with Crippen LogP contribution in [0.1, 0.15) is 49.9 Å². The Morgan fingerprint density at radius 3 is 2.12 bits per heavy atom. The van der Waals surface area contributed by atoms with E-state index in [2.05, 4.69) is 0 Å². The van der Waals surface area contributed by atoms with Crippen molar-refractivity contribution in [2.45, 2.75) is 37.6 Å². The van der Waals surface area contributed by atoms with Crippen LogP contribution in [0.25, 0.3) is 0 Å². The van der Waals surface area contributed by atoms with Gasteiger partial charge in [-0.25, -0.2) is 0 Å². The molecule has 0 bridgehead atoms. The van der Waals surface area contributed by atoms with E-state index in [0.717, 1.165) is 0 Å². The Kier molecular flexibility index (Phi) is 2.82. The first-order valence-corrected chi connectivity index (χ1v) is 8.50. The highest BCUT2D eigenvalue weighted by Gasteiger charge is 2.63. The smallest absolute Gasteiger partial charge is 0.198 e. The fraction of sp³-hybridized carbons (Fsp3) is 0.300. The van der Waals surface area contributed by atoms with Crippen LogP contribution in [0.2, 0.25) is 0 Å². The van der Waals surface area contributed by atoms with Crippen LogP contribution in [-0.4, -0.2) is 44.7 Å². The molecule has 1 aliphatic heterocycles. The number of carbonyl (C=O) groups excluding carboxylic acids is 2. The molecule has 2 aromatic rings. The molecule has 0 saturated carbocycles. The monoisotopic (exact) mass is 352 g/mol. The second kappa shape index (κ2) is 4.72. The fourth-order valence-corrected chi connectivity index (χ4v) is 4.40. The van der Waals surface area contributed by atoms with Crippen LogP contribution in [0, 0.1) is 0 Å². The Hall–Kier alpha value is -2.70. The summed E-state index contributed by atoms with van der Waals surface area (Å²) in [4.78, 5) is 25.8. The molecule has 6 nitrogen and oxygen atoms in total. The molecule has 3 N–H and O–H groups in total. The molecular formula is C20H16O6. The van der Waals surface area contributed by atoms with Crippen molar-refractivity contribution in [3.8, 4) is 11.5 Å². The van der Waals surface area contributed by atoms with Gasteiger partial charge in [0.1, 0.15) is 17.1 Å². The van der Waals surface area contributed by atoms with Crippen molar-refractivity contribution in [1.82, 2.24) is 0 Å². The standard InChI is InChI=1S/C20H16O6/c1-8(21)20-7-12-11(6-13(20)26-20)18(24)14-15(19(12)25)17(23)10-5-3-2-4-9(10)16(14)22/h2-5,8,13,21,24-25H,6-7H2,1H3/t8-,13-,20-/m1/s1. The van der Waals surface area contributed by atoms with E-state index < -0.39 is 23.3 Å². The molecule has 1 saturated heterocycles. The normalized spacial score (nSPS) is 26.5. The van der Waals surface area contributed by atoms with Crippen LogP contribution >= 0.6 is 0 Å². The van der Waals surface area contributed by atoms with Gasteiger partial charge in [0.25, 0.3) is 0 Å². The van der Waals surface area contributed by atoms with E-state index in [0.29, 0.717) is 11.1 Å². The van der Waals surface area contributed by atoms with Crippen molar-refractivity contribution in [2.24, 2.45) is 0 Å². The number of ether oxygens (including phenoxy) is 1. The number of phenols is 2. The molecule has 2 aromatic carbocycles. The number of aliphatic hydroxyl groups excluding tert-OH is 1. The third-order valence-electron chi connectivity index (χ3n) is 5.93. The van der Waals surface area contributed by atoms with E-state index in [4.69, 9.17) is 4.74 Å². The maximum absolute atomic E-state index is 12.9. The van der Waals surface area contributed by atoms with Crippen LogP contribution in [-0.2, 0) is 17.6 Å². The first kappa shape index (κ1) is 15.5. The average molecular weight is 352 g/mol. The van der Waals surface area contributed by atoms with Crippen LogP contribution < -0.4 is 0 Å². The third kappa shape index (κ3) is 1.68. The van der Waals surface area contributed by atoms with Gasteiger partial charge in [-0.1, -0.05) is 24.3 Å². The highest BCUT2D eigenvalue weighted by atomic mass is 16.6. The molecule has 3 atom stereocenters. The first-order valence-electron chi connectivity index (χ1n) is 8.50. The van der Waals surface area contributed by atoms with Crippen molar-refractivity contribution < 1.29 is 29.6 Å². The second-order valence-electron chi connectivity index (χ2n) is 7.23. The number of phenolic OH excluding ortho intramolecular Hbond substituents is 2. The van der Waals surface area contributed by atoms with Gasteiger partial charge in [0.15, 0.2) is 11.6 Å². The summed E-state index contributed by atoms with van der Waals surface area (Å²) in [6, 6.07) is 6.37. The number of rotatable bonds is 1. The lowest BCUT2D eigenvalue weighted by Crippen LogP contribution is -2.36. The largest absolute Gasteiger partial charge is 0.507 e. The summed E-state index contributed by atoms with van der Waals surface area (Å²) in [5.41, 5.74) is 0.111. The van der Waals surface area contributed by atoms with E-state index in [1.807, 2.05) is 0 Å². The number of hydrogen-bond donors (Lipinski definition) is 3. The van der Waals surface area contributed by atoms with Crippen molar-refractivity contribution >= 4 is 11.6 Å². The zero-order valence-corrected chi connectivity index (χ0v) is 13.9. The summed E-state index contributed by atoms with van der Waals surface area (Å²) in [7, 11) is 0. The first-order chi connectivity index (χ1) is 12.4. The second-order valence-corrected chi connectivity index (χ2v) is 7.23. The van der Waals surface area contributed by atoms with Crippen LogP contribution in [0.15, 0.2) is 24.3 Å². The van der Waals surface area contributed by atoms with Crippen molar-refractivity contribution in [2.75, 3.05) is 0 Å². The summed E-state index contributed by atoms with van der Waals surface area (Å²) in [6.45, 7) is 1.62. The van der Waals surface area contributed by atoms with Gasteiger partial charge in [0.2, 0.25) is 0 Å². The summed E-state index contributed by atoms with van der Waals surface area (Å²) in [6.07, 6.45) is -0.576. The number of fused-ring (bicyclic) bond motifs is 4. The van der Waals surface area contributed by atoms with E-state index in [-0.39, 0.29) is 52.7 Å². The minimum absolute atomic E-state index is 0.143. The number of benzene rings is 2. The van der Waals surface area contributed by atoms with E-state index in [1.165, 1.54) is 12.1 Å². The highest BCUT2D eigenvalue weighted by molar-refractivity contribution is 6.30. The Labute approximate surface area is 148 Å². The van der Waals surface area contributed by atoms with Gasteiger partial charge in [-0.05, 0) is 6.92 Å². The Bertz CT molecular complexity index is 1020. The van der Waals surface area contributed by atoms with Crippen LogP contribution in [0.4, 0.5) is 0 Å². The van der Waals surface area contributed by atoms with Gasteiger partial charge >= 0.3 is 0 Å². The molecule has 3 aliphatic rings. The Morgan fingerprint density at radius 1 is 1.04 bits per heavy atom. The number of ketones is 2. The molecular weight excluding hydrogens is 336 g/mol. The lowest BCUT2D eigenvalue weighted by Gasteiger charge is -2.28. The molecule has 1 heterocycles. The SMILES string of the molecule is C[C@@H](O)[C@]12Cc3c(O)c4c(c(O)c3C[C@H]1O2)C(=O)c1ccccc1C4=O.